The van der Waals surface area contributed by atoms with Crippen molar-refractivity contribution in [2.45, 2.75) is 38.0 Å². The Morgan fingerprint density at radius 3 is 2.57 bits per heavy atom. The second-order valence-corrected chi connectivity index (χ2v) is 5.89. The highest BCUT2D eigenvalue weighted by molar-refractivity contribution is 5.94. The van der Waals surface area contributed by atoms with Gasteiger partial charge in [0.2, 0.25) is 0 Å². The summed E-state index contributed by atoms with van der Waals surface area (Å²) in [6.45, 7) is 0.567. The Labute approximate surface area is 136 Å². The fourth-order valence-corrected chi connectivity index (χ4v) is 2.93. The number of hydrogen-bond donors (Lipinski definition) is 2. The second-order valence-electron chi connectivity index (χ2n) is 5.89. The molecule has 2 aromatic carbocycles. The smallest absolute Gasteiger partial charge is 0.251 e. The van der Waals surface area contributed by atoms with Gasteiger partial charge in [-0.3, -0.25) is 4.79 Å². The van der Waals surface area contributed by atoms with E-state index in [1.807, 2.05) is 30.3 Å². The van der Waals surface area contributed by atoms with Crippen LogP contribution in [0.25, 0.3) is 0 Å². The maximum Gasteiger partial charge on any atom is 0.251 e. The van der Waals surface area contributed by atoms with Crippen LogP contribution in [0.5, 0.6) is 5.75 Å². The number of carbonyl (C=O) groups is 1. The maximum absolute atomic E-state index is 12.3. The van der Waals surface area contributed by atoms with Crippen molar-refractivity contribution >= 4 is 5.91 Å². The summed E-state index contributed by atoms with van der Waals surface area (Å²) >= 11 is 0. The first-order valence-corrected chi connectivity index (χ1v) is 7.98. The van der Waals surface area contributed by atoms with E-state index in [2.05, 4.69) is 5.32 Å². The molecule has 4 heteroatoms. The molecule has 0 aliphatic heterocycles. The van der Waals surface area contributed by atoms with Crippen LogP contribution < -0.4 is 5.32 Å². The Hall–Kier alpha value is -2.33. The van der Waals surface area contributed by atoms with Gasteiger partial charge in [0, 0.05) is 5.56 Å². The molecule has 0 aromatic heterocycles. The van der Waals surface area contributed by atoms with E-state index in [4.69, 9.17) is 4.74 Å². The Kier molecular flexibility index (Phi) is 4.93. The Morgan fingerprint density at radius 2 is 1.83 bits per heavy atom. The van der Waals surface area contributed by atoms with E-state index in [-0.39, 0.29) is 23.8 Å². The summed E-state index contributed by atoms with van der Waals surface area (Å²) in [6.07, 6.45) is 3.01. The topological polar surface area (TPSA) is 58.6 Å². The van der Waals surface area contributed by atoms with Crippen LogP contribution in [-0.4, -0.2) is 23.2 Å². The summed E-state index contributed by atoms with van der Waals surface area (Å²) in [5.74, 6) is 0.0386. The molecule has 1 aliphatic rings. The number of phenolic OH excluding ortho intramolecular Hbond substituents is 1. The average molecular weight is 311 g/mol. The predicted molar refractivity (Wildman–Crippen MR) is 88.2 cm³/mol. The van der Waals surface area contributed by atoms with Crippen molar-refractivity contribution in [3.63, 3.8) is 0 Å². The van der Waals surface area contributed by atoms with E-state index in [0.717, 1.165) is 24.8 Å². The third-order valence-electron chi connectivity index (χ3n) is 4.21. The number of ether oxygens (including phenoxy) is 1. The van der Waals surface area contributed by atoms with Crippen molar-refractivity contribution in [2.75, 3.05) is 0 Å². The van der Waals surface area contributed by atoms with Crippen LogP contribution in [0.2, 0.25) is 0 Å². The Bertz CT molecular complexity index is 639. The zero-order valence-electron chi connectivity index (χ0n) is 12.9. The zero-order chi connectivity index (χ0) is 16.1. The van der Waals surface area contributed by atoms with E-state index < -0.39 is 0 Å². The number of carbonyl (C=O) groups excluding carboxylic acids is 1. The molecule has 2 atom stereocenters. The largest absolute Gasteiger partial charge is 0.508 e. The molecule has 2 N–H and O–H groups in total. The van der Waals surface area contributed by atoms with Crippen molar-refractivity contribution in [3.8, 4) is 5.75 Å². The fourth-order valence-electron chi connectivity index (χ4n) is 2.93. The number of aromatic hydroxyl groups is 1. The Morgan fingerprint density at radius 1 is 1.09 bits per heavy atom. The maximum atomic E-state index is 12.3. The molecular weight excluding hydrogens is 290 g/mol. The number of nitrogens with one attached hydrogen (secondary N) is 1. The molecule has 0 bridgehead atoms. The third kappa shape index (κ3) is 4.11. The standard InChI is InChI=1S/C19H21NO3/c21-16-11-9-15(10-12-16)19(22)20-17-7-4-8-18(17)23-13-14-5-2-1-3-6-14/h1-3,5-6,9-12,17-18,21H,4,7-8,13H2,(H,20,22). The Balaban J connectivity index is 1.56. The van der Waals surface area contributed by atoms with Gasteiger partial charge in [-0.25, -0.2) is 0 Å². The molecule has 1 fully saturated rings. The van der Waals surface area contributed by atoms with Crippen LogP contribution in [0, 0.1) is 0 Å². The SMILES string of the molecule is O=C(NC1CCCC1OCc1ccccc1)c1ccc(O)cc1. The zero-order valence-corrected chi connectivity index (χ0v) is 12.9. The van der Waals surface area contributed by atoms with Crippen LogP contribution in [0.4, 0.5) is 0 Å². The molecule has 23 heavy (non-hydrogen) atoms. The molecule has 0 radical (unpaired) electrons. The summed E-state index contributed by atoms with van der Waals surface area (Å²) in [4.78, 5) is 12.3. The van der Waals surface area contributed by atoms with Gasteiger partial charge >= 0.3 is 0 Å². The minimum absolute atomic E-state index is 0.0417. The summed E-state index contributed by atoms with van der Waals surface area (Å²) in [6, 6.07) is 16.4. The lowest BCUT2D eigenvalue weighted by Crippen LogP contribution is -2.41. The average Bonchev–Trinajstić information content (AvgIpc) is 3.01. The van der Waals surface area contributed by atoms with Crippen LogP contribution in [0.3, 0.4) is 0 Å². The number of phenols is 1. The summed E-state index contributed by atoms with van der Waals surface area (Å²) < 4.78 is 6.00. The molecular formula is C19H21NO3. The molecule has 1 saturated carbocycles. The van der Waals surface area contributed by atoms with Crippen LogP contribution in [0.1, 0.15) is 35.2 Å². The summed E-state index contributed by atoms with van der Waals surface area (Å²) in [7, 11) is 0. The van der Waals surface area contributed by atoms with E-state index >= 15 is 0 Å². The highest BCUT2D eigenvalue weighted by Gasteiger charge is 2.29. The van der Waals surface area contributed by atoms with Crippen LogP contribution in [0.15, 0.2) is 54.6 Å². The van der Waals surface area contributed by atoms with E-state index in [9.17, 15) is 9.90 Å². The summed E-state index contributed by atoms with van der Waals surface area (Å²) in [5.41, 5.74) is 1.69. The second kappa shape index (κ2) is 7.29. The van der Waals surface area contributed by atoms with Gasteiger partial charge in [-0.15, -0.1) is 0 Å². The van der Waals surface area contributed by atoms with E-state index in [0.29, 0.717) is 12.2 Å². The van der Waals surface area contributed by atoms with Crippen molar-refractivity contribution in [3.05, 3.63) is 65.7 Å². The van der Waals surface area contributed by atoms with Gasteiger partial charge < -0.3 is 15.2 Å². The molecule has 2 aromatic rings. The van der Waals surface area contributed by atoms with Crippen molar-refractivity contribution in [2.24, 2.45) is 0 Å². The van der Waals surface area contributed by atoms with Gasteiger partial charge in [-0.1, -0.05) is 30.3 Å². The first kappa shape index (κ1) is 15.6. The van der Waals surface area contributed by atoms with Gasteiger partial charge in [0.1, 0.15) is 5.75 Å². The van der Waals surface area contributed by atoms with Crippen molar-refractivity contribution in [1.82, 2.24) is 5.32 Å². The first-order chi connectivity index (χ1) is 11.2. The summed E-state index contributed by atoms with van der Waals surface area (Å²) in [5, 5.41) is 12.3. The lowest BCUT2D eigenvalue weighted by Gasteiger charge is -2.21. The van der Waals surface area contributed by atoms with Gasteiger partial charge in [0.25, 0.3) is 5.91 Å². The predicted octanol–water partition coefficient (Wildman–Crippen LogP) is 3.26. The molecule has 3 rings (SSSR count). The number of amides is 1. The minimum Gasteiger partial charge on any atom is -0.508 e. The van der Waals surface area contributed by atoms with Gasteiger partial charge in [-0.05, 0) is 49.1 Å². The molecule has 1 aliphatic carbocycles. The monoisotopic (exact) mass is 311 g/mol. The van der Waals surface area contributed by atoms with Crippen LogP contribution >= 0.6 is 0 Å². The highest BCUT2D eigenvalue weighted by Crippen LogP contribution is 2.24. The van der Waals surface area contributed by atoms with Gasteiger partial charge in [0.05, 0.1) is 18.8 Å². The first-order valence-electron chi connectivity index (χ1n) is 7.98. The molecule has 4 nitrogen and oxygen atoms in total. The normalized spacial score (nSPS) is 20.3. The number of rotatable bonds is 5. The van der Waals surface area contributed by atoms with Crippen molar-refractivity contribution < 1.29 is 14.6 Å². The molecule has 0 heterocycles. The third-order valence-corrected chi connectivity index (χ3v) is 4.21. The van der Waals surface area contributed by atoms with Crippen LogP contribution in [-0.2, 0) is 11.3 Å². The highest BCUT2D eigenvalue weighted by atomic mass is 16.5. The molecule has 1 amide bonds. The molecule has 2 unspecified atom stereocenters. The van der Waals surface area contributed by atoms with Gasteiger partial charge in [0.15, 0.2) is 0 Å². The fraction of sp³-hybridized carbons (Fsp3) is 0.316. The molecule has 120 valence electrons. The van der Waals surface area contributed by atoms with E-state index in [1.165, 1.54) is 12.1 Å². The molecule has 0 saturated heterocycles. The lowest BCUT2D eigenvalue weighted by atomic mass is 10.1. The minimum atomic E-state index is -0.120. The van der Waals surface area contributed by atoms with E-state index in [1.54, 1.807) is 12.1 Å². The quantitative estimate of drug-likeness (QED) is 0.891. The van der Waals surface area contributed by atoms with Crippen molar-refractivity contribution in [1.29, 1.82) is 0 Å². The molecule has 0 spiro atoms. The lowest BCUT2D eigenvalue weighted by molar-refractivity contribution is 0.0272. The number of benzene rings is 2. The van der Waals surface area contributed by atoms with Gasteiger partial charge in [-0.2, -0.15) is 0 Å². The number of hydrogen-bond acceptors (Lipinski definition) is 3.